The fourth-order valence-electron chi connectivity index (χ4n) is 1.25. The van der Waals surface area contributed by atoms with E-state index in [0.717, 1.165) is 5.56 Å². The zero-order valence-corrected chi connectivity index (χ0v) is 8.85. The summed E-state index contributed by atoms with van der Waals surface area (Å²) in [6.07, 6.45) is 1.21. The largest absolute Gasteiger partial charge is 0.478 e. The van der Waals surface area contributed by atoms with E-state index in [4.69, 9.17) is 16.7 Å². The van der Waals surface area contributed by atoms with E-state index in [0.29, 0.717) is 10.7 Å². The quantitative estimate of drug-likeness (QED) is 0.867. The molecule has 0 atom stereocenters. The van der Waals surface area contributed by atoms with Crippen LogP contribution in [-0.2, 0) is 0 Å². The van der Waals surface area contributed by atoms with Crippen molar-refractivity contribution in [2.45, 2.75) is 0 Å². The Balaban J connectivity index is 2.44. The second-order valence-corrected chi connectivity index (χ2v) is 3.58. The molecule has 1 aromatic carbocycles. The maximum atomic E-state index is 10.7. The molecule has 0 saturated heterocycles. The molecule has 1 heterocycles. The van der Waals surface area contributed by atoms with E-state index in [-0.39, 0.29) is 5.56 Å². The molecule has 16 heavy (non-hydrogen) atoms. The molecule has 0 spiro atoms. The lowest BCUT2D eigenvalue weighted by Gasteiger charge is -2.00. The Kier molecular flexibility index (Phi) is 2.83. The van der Waals surface area contributed by atoms with Crippen molar-refractivity contribution in [2.24, 2.45) is 0 Å². The van der Waals surface area contributed by atoms with Gasteiger partial charge in [0, 0.05) is 10.6 Å². The fraction of sp³-hybridized carbons (Fsp3) is 0. The molecular formula is C11H7ClN2O2. The molecule has 0 fully saturated rings. The third-order valence-electron chi connectivity index (χ3n) is 2.04. The Morgan fingerprint density at radius 3 is 2.56 bits per heavy atom. The van der Waals surface area contributed by atoms with Crippen molar-refractivity contribution in [3.63, 3.8) is 0 Å². The van der Waals surface area contributed by atoms with Crippen LogP contribution in [0.3, 0.4) is 0 Å². The summed E-state index contributed by atoms with van der Waals surface area (Å²) in [5, 5.41) is 16.9. The summed E-state index contributed by atoms with van der Waals surface area (Å²) in [6.45, 7) is 0. The number of benzene rings is 1. The van der Waals surface area contributed by atoms with Crippen LogP contribution in [0.4, 0.5) is 0 Å². The van der Waals surface area contributed by atoms with Crippen LogP contribution < -0.4 is 0 Å². The predicted octanol–water partition coefficient (Wildman–Crippen LogP) is 2.50. The highest BCUT2D eigenvalue weighted by Crippen LogP contribution is 2.19. The van der Waals surface area contributed by atoms with Gasteiger partial charge >= 0.3 is 5.97 Å². The van der Waals surface area contributed by atoms with Crippen molar-refractivity contribution in [1.29, 1.82) is 0 Å². The van der Waals surface area contributed by atoms with E-state index in [2.05, 4.69) is 10.2 Å². The lowest BCUT2D eigenvalue weighted by Crippen LogP contribution is -1.99. The van der Waals surface area contributed by atoms with Gasteiger partial charge in [-0.15, -0.1) is 0 Å². The summed E-state index contributed by atoms with van der Waals surface area (Å²) in [5.74, 6) is -1.02. The Bertz CT molecular complexity index is 526. The predicted molar refractivity (Wildman–Crippen MR) is 59.4 cm³/mol. The Morgan fingerprint density at radius 2 is 1.94 bits per heavy atom. The third kappa shape index (κ3) is 2.17. The lowest BCUT2D eigenvalue weighted by molar-refractivity contribution is 0.0696. The van der Waals surface area contributed by atoms with Crippen molar-refractivity contribution in [1.82, 2.24) is 10.2 Å². The number of carboxylic acids is 1. The first-order valence-electron chi connectivity index (χ1n) is 4.49. The maximum absolute atomic E-state index is 10.7. The molecule has 0 aliphatic carbocycles. The van der Waals surface area contributed by atoms with Gasteiger partial charge in [-0.1, -0.05) is 23.7 Å². The smallest absolute Gasteiger partial charge is 0.337 e. The van der Waals surface area contributed by atoms with Gasteiger partial charge in [0.2, 0.25) is 0 Å². The van der Waals surface area contributed by atoms with Crippen molar-refractivity contribution in [3.05, 3.63) is 47.1 Å². The van der Waals surface area contributed by atoms with Crippen LogP contribution in [-0.4, -0.2) is 21.3 Å². The minimum atomic E-state index is -1.02. The van der Waals surface area contributed by atoms with E-state index < -0.39 is 5.97 Å². The highest BCUT2D eigenvalue weighted by molar-refractivity contribution is 6.30. The number of aromatic nitrogens is 2. The molecule has 0 saturated carbocycles. The van der Waals surface area contributed by atoms with Crippen LogP contribution in [0.1, 0.15) is 10.4 Å². The minimum Gasteiger partial charge on any atom is -0.478 e. The first kappa shape index (κ1) is 10.6. The van der Waals surface area contributed by atoms with Crippen LogP contribution in [0.2, 0.25) is 5.02 Å². The van der Waals surface area contributed by atoms with Gasteiger partial charge in [-0.25, -0.2) is 4.79 Å². The number of hydrogen-bond donors (Lipinski definition) is 1. The molecule has 4 nitrogen and oxygen atoms in total. The SMILES string of the molecule is O=C(O)c1cnnc(-c2ccc(Cl)cc2)c1. The van der Waals surface area contributed by atoms with Crippen LogP contribution in [0.15, 0.2) is 36.5 Å². The first-order chi connectivity index (χ1) is 7.66. The summed E-state index contributed by atoms with van der Waals surface area (Å²) >= 11 is 5.75. The molecule has 2 aromatic rings. The highest BCUT2D eigenvalue weighted by atomic mass is 35.5. The van der Waals surface area contributed by atoms with Gasteiger partial charge in [-0.05, 0) is 18.2 Å². The van der Waals surface area contributed by atoms with E-state index >= 15 is 0 Å². The molecule has 2 rings (SSSR count). The zero-order chi connectivity index (χ0) is 11.5. The molecule has 5 heteroatoms. The highest BCUT2D eigenvalue weighted by Gasteiger charge is 2.06. The number of rotatable bonds is 2. The Hall–Kier alpha value is -1.94. The minimum absolute atomic E-state index is 0.111. The molecular weight excluding hydrogens is 228 g/mol. The van der Waals surface area contributed by atoms with E-state index in [9.17, 15) is 4.79 Å². The number of carbonyl (C=O) groups is 1. The van der Waals surface area contributed by atoms with Gasteiger partial charge in [0.15, 0.2) is 0 Å². The third-order valence-corrected chi connectivity index (χ3v) is 2.29. The second kappa shape index (κ2) is 4.28. The lowest BCUT2D eigenvalue weighted by atomic mass is 10.1. The number of carboxylic acid groups (broad SMARTS) is 1. The maximum Gasteiger partial charge on any atom is 0.337 e. The van der Waals surface area contributed by atoms with Gasteiger partial charge in [-0.3, -0.25) is 0 Å². The fourth-order valence-corrected chi connectivity index (χ4v) is 1.37. The monoisotopic (exact) mass is 234 g/mol. The first-order valence-corrected chi connectivity index (χ1v) is 4.86. The van der Waals surface area contributed by atoms with Gasteiger partial charge in [0.05, 0.1) is 17.5 Å². The van der Waals surface area contributed by atoms with Gasteiger partial charge < -0.3 is 5.11 Å². The van der Waals surface area contributed by atoms with Crippen molar-refractivity contribution < 1.29 is 9.90 Å². The van der Waals surface area contributed by atoms with E-state index in [1.807, 2.05) is 0 Å². The summed E-state index contributed by atoms with van der Waals surface area (Å²) < 4.78 is 0. The van der Waals surface area contributed by atoms with Gasteiger partial charge in [0.25, 0.3) is 0 Å². The molecule has 1 N–H and O–H groups in total. The number of halogens is 1. The summed E-state index contributed by atoms with van der Waals surface area (Å²) in [6, 6.07) is 8.42. The average molecular weight is 235 g/mol. The van der Waals surface area contributed by atoms with Crippen LogP contribution in [0.5, 0.6) is 0 Å². The second-order valence-electron chi connectivity index (χ2n) is 3.14. The van der Waals surface area contributed by atoms with Gasteiger partial charge in [0.1, 0.15) is 0 Å². The van der Waals surface area contributed by atoms with Gasteiger partial charge in [-0.2, -0.15) is 10.2 Å². The zero-order valence-electron chi connectivity index (χ0n) is 8.09. The average Bonchev–Trinajstić information content (AvgIpc) is 2.30. The Morgan fingerprint density at radius 1 is 1.25 bits per heavy atom. The molecule has 0 bridgehead atoms. The number of aromatic carboxylic acids is 1. The van der Waals surface area contributed by atoms with Crippen LogP contribution >= 0.6 is 11.6 Å². The summed E-state index contributed by atoms with van der Waals surface area (Å²) in [5.41, 5.74) is 1.40. The van der Waals surface area contributed by atoms with Crippen molar-refractivity contribution in [3.8, 4) is 11.3 Å². The standard InChI is InChI=1S/C11H7ClN2O2/c12-9-3-1-7(2-4-9)10-5-8(11(15)16)6-13-14-10/h1-6H,(H,15,16). The summed E-state index contributed by atoms with van der Waals surface area (Å²) in [7, 11) is 0. The van der Waals surface area contributed by atoms with E-state index in [1.165, 1.54) is 12.3 Å². The topological polar surface area (TPSA) is 63.1 Å². The molecule has 0 aliphatic rings. The molecule has 0 aliphatic heterocycles. The van der Waals surface area contributed by atoms with E-state index in [1.54, 1.807) is 24.3 Å². The molecule has 0 amide bonds. The van der Waals surface area contributed by atoms with Crippen LogP contribution in [0.25, 0.3) is 11.3 Å². The molecule has 0 unspecified atom stereocenters. The molecule has 0 radical (unpaired) electrons. The normalized spacial score (nSPS) is 10.1. The number of hydrogen-bond acceptors (Lipinski definition) is 3. The Labute approximate surface area is 96.5 Å². The summed E-state index contributed by atoms with van der Waals surface area (Å²) in [4.78, 5) is 10.7. The molecule has 1 aromatic heterocycles. The van der Waals surface area contributed by atoms with Crippen molar-refractivity contribution in [2.75, 3.05) is 0 Å². The number of nitrogens with zero attached hydrogens (tertiary/aromatic N) is 2. The van der Waals surface area contributed by atoms with Crippen molar-refractivity contribution >= 4 is 17.6 Å². The van der Waals surface area contributed by atoms with Crippen LogP contribution in [0, 0.1) is 0 Å². The molecule has 80 valence electrons.